The van der Waals surface area contributed by atoms with Crippen LogP contribution in [0.15, 0.2) is 30.3 Å². The number of anilines is 1. The Labute approximate surface area is 168 Å². The molecule has 2 aromatic rings. The molecule has 2 aliphatic rings. The van der Waals surface area contributed by atoms with Gasteiger partial charge in [-0.25, -0.2) is 9.78 Å². The summed E-state index contributed by atoms with van der Waals surface area (Å²) < 4.78 is 0. The van der Waals surface area contributed by atoms with Crippen molar-refractivity contribution in [1.82, 2.24) is 20.1 Å². The van der Waals surface area contributed by atoms with Gasteiger partial charge in [0.25, 0.3) is 0 Å². The van der Waals surface area contributed by atoms with Crippen LogP contribution in [0.2, 0.25) is 0 Å². The number of nitrogens with one attached hydrogen (secondary N) is 2. The first kappa shape index (κ1) is 18.9. The van der Waals surface area contributed by atoms with Crippen molar-refractivity contribution in [3.8, 4) is 0 Å². The van der Waals surface area contributed by atoms with E-state index in [0.29, 0.717) is 18.2 Å². The topological polar surface area (TPSA) is 77.6 Å². The fraction of sp³-hybridized carbons (Fsp3) is 0.450. The highest BCUT2D eigenvalue weighted by Gasteiger charge is 2.22. The summed E-state index contributed by atoms with van der Waals surface area (Å²) in [6.07, 6.45) is 3.20. The Hall–Kier alpha value is -2.45. The summed E-state index contributed by atoms with van der Waals surface area (Å²) >= 11 is 1.54. The third-order valence-electron chi connectivity index (χ3n) is 5.15. The van der Waals surface area contributed by atoms with Crippen LogP contribution >= 0.6 is 11.3 Å². The van der Waals surface area contributed by atoms with Gasteiger partial charge in [0.1, 0.15) is 0 Å². The molecule has 1 aromatic carbocycles. The van der Waals surface area contributed by atoms with Gasteiger partial charge in [-0.05, 0) is 24.8 Å². The second kappa shape index (κ2) is 8.70. The summed E-state index contributed by atoms with van der Waals surface area (Å²) in [6, 6.07) is 10.2. The molecule has 0 bridgehead atoms. The van der Waals surface area contributed by atoms with Crippen LogP contribution in [0.1, 0.15) is 22.6 Å². The van der Waals surface area contributed by atoms with Crippen LogP contribution in [0.3, 0.4) is 0 Å². The van der Waals surface area contributed by atoms with Crippen LogP contribution in [0.4, 0.5) is 9.93 Å². The molecule has 7 nitrogen and oxygen atoms in total. The molecule has 0 saturated carbocycles. The number of carbonyl (C=O) groups excluding carboxylic acids is 2. The Bertz CT molecular complexity index is 809. The minimum atomic E-state index is -0.233. The molecule has 8 heteroatoms. The zero-order valence-corrected chi connectivity index (χ0v) is 16.6. The summed E-state index contributed by atoms with van der Waals surface area (Å²) in [5, 5.41) is 6.15. The van der Waals surface area contributed by atoms with Crippen LogP contribution in [0.25, 0.3) is 0 Å². The normalized spacial score (nSPS) is 16.6. The molecule has 0 radical (unpaired) electrons. The van der Waals surface area contributed by atoms with Crippen molar-refractivity contribution in [2.75, 3.05) is 38.0 Å². The number of aromatic nitrogens is 1. The van der Waals surface area contributed by atoms with Crippen molar-refractivity contribution in [3.05, 3.63) is 46.5 Å². The smallest absolute Gasteiger partial charge is 0.317 e. The van der Waals surface area contributed by atoms with Crippen molar-refractivity contribution in [1.29, 1.82) is 0 Å². The summed E-state index contributed by atoms with van der Waals surface area (Å²) in [6.45, 7) is 3.86. The number of carbonyl (C=O) groups is 2. The van der Waals surface area contributed by atoms with E-state index >= 15 is 0 Å². The minimum absolute atomic E-state index is 0.0344. The number of benzene rings is 1. The van der Waals surface area contributed by atoms with Gasteiger partial charge >= 0.3 is 6.03 Å². The highest BCUT2D eigenvalue weighted by Crippen LogP contribution is 2.30. The largest absolute Gasteiger partial charge is 0.329 e. The molecule has 1 fully saturated rings. The van der Waals surface area contributed by atoms with E-state index in [0.717, 1.165) is 44.6 Å². The Balaban J connectivity index is 1.17. The maximum Gasteiger partial charge on any atom is 0.317 e. The van der Waals surface area contributed by atoms with E-state index in [1.807, 2.05) is 18.2 Å². The van der Waals surface area contributed by atoms with Gasteiger partial charge in [-0.1, -0.05) is 30.3 Å². The van der Waals surface area contributed by atoms with Gasteiger partial charge in [0.15, 0.2) is 5.13 Å². The fourth-order valence-electron chi connectivity index (χ4n) is 3.63. The molecule has 2 N–H and O–H groups in total. The minimum Gasteiger partial charge on any atom is -0.329 e. The molecule has 1 aliphatic carbocycles. The lowest BCUT2D eigenvalue weighted by Crippen LogP contribution is -2.52. The number of hydrogen-bond acceptors (Lipinski definition) is 5. The van der Waals surface area contributed by atoms with Crippen LogP contribution in [-0.2, 0) is 24.2 Å². The number of rotatable bonds is 5. The Kier molecular flexibility index (Phi) is 5.87. The number of urea groups is 1. The fourth-order valence-corrected chi connectivity index (χ4v) is 4.69. The molecular weight excluding hydrogens is 374 g/mol. The van der Waals surface area contributed by atoms with Gasteiger partial charge in [-0.15, -0.1) is 11.3 Å². The number of thiazole rings is 1. The maximum absolute atomic E-state index is 12.3. The van der Waals surface area contributed by atoms with Crippen molar-refractivity contribution in [3.63, 3.8) is 0 Å². The number of nitrogens with zero attached hydrogens (tertiary/aromatic N) is 3. The maximum atomic E-state index is 12.3. The molecule has 4 rings (SSSR count). The second-order valence-electron chi connectivity index (χ2n) is 7.20. The monoisotopic (exact) mass is 399 g/mol. The molecule has 1 saturated heterocycles. The van der Waals surface area contributed by atoms with Crippen molar-refractivity contribution in [2.45, 2.75) is 25.8 Å². The first-order valence-corrected chi connectivity index (χ1v) is 10.6. The number of aryl methyl sites for hydroxylation is 2. The van der Waals surface area contributed by atoms with E-state index in [9.17, 15) is 9.59 Å². The average molecular weight is 400 g/mol. The SMILES string of the molecule is O=C(CNC(=O)N1CCN(Cc2ccccc2)CC1)Nc1nc2c(s1)CCC2. The molecule has 0 spiro atoms. The molecular formula is C20H25N5O2S. The summed E-state index contributed by atoms with van der Waals surface area (Å²) in [7, 11) is 0. The second-order valence-corrected chi connectivity index (χ2v) is 8.28. The molecule has 28 heavy (non-hydrogen) atoms. The quantitative estimate of drug-likeness (QED) is 0.807. The lowest BCUT2D eigenvalue weighted by atomic mass is 10.2. The third-order valence-corrected chi connectivity index (χ3v) is 6.22. The molecule has 2 heterocycles. The van der Waals surface area contributed by atoms with Crippen molar-refractivity contribution >= 4 is 28.4 Å². The van der Waals surface area contributed by atoms with E-state index in [2.05, 4.69) is 32.7 Å². The van der Waals surface area contributed by atoms with Gasteiger partial charge < -0.3 is 15.5 Å². The predicted octanol–water partition coefficient (Wildman–Crippen LogP) is 2.10. The van der Waals surface area contributed by atoms with Crippen molar-refractivity contribution < 1.29 is 9.59 Å². The first-order valence-electron chi connectivity index (χ1n) is 9.75. The van der Waals surface area contributed by atoms with Gasteiger partial charge in [-0.3, -0.25) is 9.69 Å². The Morgan fingerprint density at radius 1 is 1.07 bits per heavy atom. The van der Waals surface area contributed by atoms with Gasteiger partial charge in [-0.2, -0.15) is 0 Å². The van der Waals surface area contributed by atoms with Crippen LogP contribution in [-0.4, -0.2) is 59.4 Å². The lowest BCUT2D eigenvalue weighted by molar-refractivity contribution is -0.115. The van der Waals surface area contributed by atoms with E-state index in [1.54, 1.807) is 16.2 Å². The highest BCUT2D eigenvalue weighted by atomic mass is 32.1. The molecule has 3 amide bonds. The van der Waals surface area contributed by atoms with Gasteiger partial charge in [0, 0.05) is 37.6 Å². The van der Waals surface area contributed by atoms with Crippen LogP contribution < -0.4 is 10.6 Å². The Morgan fingerprint density at radius 3 is 2.61 bits per heavy atom. The third kappa shape index (κ3) is 4.69. The summed E-state index contributed by atoms with van der Waals surface area (Å²) in [5.41, 5.74) is 2.39. The zero-order chi connectivity index (χ0) is 19.3. The number of hydrogen-bond donors (Lipinski definition) is 2. The Morgan fingerprint density at radius 2 is 1.86 bits per heavy atom. The molecule has 148 valence electrons. The predicted molar refractivity (Wildman–Crippen MR) is 109 cm³/mol. The average Bonchev–Trinajstić information content (AvgIpc) is 3.29. The molecule has 1 aliphatic heterocycles. The lowest BCUT2D eigenvalue weighted by Gasteiger charge is -2.34. The van der Waals surface area contributed by atoms with Gasteiger partial charge in [0.05, 0.1) is 12.2 Å². The first-order chi connectivity index (χ1) is 13.7. The number of piperazine rings is 1. The van der Waals surface area contributed by atoms with Crippen LogP contribution in [0, 0.1) is 0 Å². The zero-order valence-electron chi connectivity index (χ0n) is 15.8. The van der Waals surface area contributed by atoms with E-state index in [1.165, 1.54) is 10.4 Å². The summed E-state index contributed by atoms with van der Waals surface area (Å²) in [5.74, 6) is -0.233. The number of amides is 3. The standard InChI is InChI=1S/C20H25N5O2S/c26-18(23-19-22-16-7-4-8-17(16)28-19)13-21-20(27)25-11-9-24(10-12-25)14-15-5-2-1-3-6-15/h1-3,5-6H,4,7-14H2,(H,21,27)(H,22,23,26). The molecule has 0 atom stereocenters. The van der Waals surface area contributed by atoms with Crippen molar-refractivity contribution in [2.24, 2.45) is 0 Å². The van der Waals surface area contributed by atoms with E-state index in [4.69, 9.17) is 0 Å². The molecule has 1 aromatic heterocycles. The van der Waals surface area contributed by atoms with Gasteiger partial charge in [0.2, 0.25) is 5.91 Å². The van der Waals surface area contributed by atoms with E-state index in [-0.39, 0.29) is 18.5 Å². The highest BCUT2D eigenvalue weighted by molar-refractivity contribution is 7.15. The number of fused-ring (bicyclic) bond motifs is 1. The van der Waals surface area contributed by atoms with Crippen LogP contribution in [0.5, 0.6) is 0 Å². The van der Waals surface area contributed by atoms with E-state index < -0.39 is 0 Å². The molecule has 0 unspecified atom stereocenters. The summed E-state index contributed by atoms with van der Waals surface area (Å²) in [4.78, 5) is 34.3.